The molecular formula is C20H22N4O3S. The van der Waals surface area contributed by atoms with E-state index in [9.17, 15) is 10.1 Å². The van der Waals surface area contributed by atoms with E-state index in [1.54, 1.807) is 25.7 Å². The molecule has 3 rings (SSSR count). The molecule has 0 saturated carbocycles. The van der Waals surface area contributed by atoms with E-state index in [2.05, 4.69) is 11.1 Å². The summed E-state index contributed by atoms with van der Waals surface area (Å²) in [7, 11) is 0. The zero-order valence-electron chi connectivity index (χ0n) is 16.2. The lowest BCUT2D eigenvalue weighted by Crippen LogP contribution is -2.39. The maximum atomic E-state index is 12.9. The van der Waals surface area contributed by atoms with Crippen molar-refractivity contribution in [2.75, 3.05) is 6.61 Å². The quantitative estimate of drug-likeness (QED) is 0.758. The van der Waals surface area contributed by atoms with Crippen LogP contribution in [0.3, 0.4) is 0 Å². The number of allylic oxidation sites excluding steroid dienone is 2. The van der Waals surface area contributed by atoms with E-state index in [1.165, 1.54) is 11.8 Å². The largest absolute Gasteiger partial charge is 0.494 e. The molecule has 0 saturated heterocycles. The number of fused-ring (bicyclic) bond motifs is 1. The van der Waals surface area contributed by atoms with Crippen LogP contribution in [0.2, 0.25) is 0 Å². The zero-order valence-corrected chi connectivity index (χ0v) is 17.0. The highest BCUT2D eigenvalue weighted by Crippen LogP contribution is 2.45. The third-order valence-corrected chi connectivity index (χ3v) is 5.22. The number of aliphatic imine (C=N–C) groups is 1. The molecule has 0 fully saturated rings. The number of ether oxygens (including phenoxy) is 2. The number of hydrogen-bond acceptors (Lipinski definition) is 8. The fourth-order valence-electron chi connectivity index (χ4n) is 3.11. The Morgan fingerprint density at radius 1 is 1.39 bits per heavy atom. The molecule has 7 nitrogen and oxygen atoms in total. The lowest BCUT2D eigenvalue weighted by Gasteiger charge is -2.35. The van der Waals surface area contributed by atoms with E-state index in [1.807, 2.05) is 31.2 Å². The smallest absolute Gasteiger partial charge is 0.338 e. The summed E-state index contributed by atoms with van der Waals surface area (Å²) in [5, 5.41) is 9.96. The highest BCUT2D eigenvalue weighted by molar-refractivity contribution is 8.17. The van der Waals surface area contributed by atoms with E-state index in [0.717, 1.165) is 11.3 Å². The Morgan fingerprint density at radius 2 is 2.07 bits per heavy atom. The minimum absolute atomic E-state index is 0.269. The van der Waals surface area contributed by atoms with Crippen LogP contribution >= 0.6 is 11.8 Å². The van der Waals surface area contributed by atoms with Crippen molar-refractivity contribution in [1.29, 1.82) is 5.26 Å². The number of carbonyl (C=O) groups excluding carboxylic acids is 1. The zero-order chi connectivity index (χ0) is 20.4. The Labute approximate surface area is 168 Å². The topological polar surface area (TPSA) is 101 Å². The lowest BCUT2D eigenvalue weighted by molar-refractivity contribution is -0.143. The number of nitrogens with two attached hydrogens (primary N) is 1. The summed E-state index contributed by atoms with van der Waals surface area (Å²) >= 11 is 1.20. The first-order valence-corrected chi connectivity index (χ1v) is 9.79. The first-order chi connectivity index (χ1) is 13.4. The van der Waals surface area contributed by atoms with Crippen molar-refractivity contribution >= 4 is 22.9 Å². The molecule has 146 valence electrons. The molecule has 0 aliphatic carbocycles. The monoisotopic (exact) mass is 398 g/mol. The van der Waals surface area contributed by atoms with Crippen molar-refractivity contribution in [1.82, 2.24) is 4.90 Å². The van der Waals surface area contributed by atoms with E-state index in [4.69, 9.17) is 15.2 Å². The molecular weight excluding hydrogens is 376 g/mol. The highest BCUT2D eigenvalue weighted by atomic mass is 32.2. The highest BCUT2D eigenvalue weighted by Gasteiger charge is 2.42. The number of amidine groups is 1. The van der Waals surface area contributed by atoms with E-state index in [-0.39, 0.29) is 11.9 Å². The molecule has 1 aromatic rings. The van der Waals surface area contributed by atoms with Gasteiger partial charge >= 0.3 is 5.97 Å². The van der Waals surface area contributed by atoms with Gasteiger partial charge in [0.05, 0.1) is 30.0 Å². The molecule has 1 atom stereocenters. The third kappa shape index (κ3) is 3.58. The Morgan fingerprint density at radius 3 is 2.64 bits per heavy atom. The van der Waals surface area contributed by atoms with Gasteiger partial charge in [0.15, 0.2) is 5.17 Å². The predicted molar refractivity (Wildman–Crippen MR) is 108 cm³/mol. The molecule has 2 aliphatic heterocycles. The summed E-state index contributed by atoms with van der Waals surface area (Å²) in [4.78, 5) is 19.5. The molecule has 0 amide bonds. The summed E-state index contributed by atoms with van der Waals surface area (Å²) in [6.45, 7) is 7.84. The molecule has 0 spiro atoms. The average molecular weight is 398 g/mol. The number of benzene rings is 1. The van der Waals surface area contributed by atoms with Crippen molar-refractivity contribution < 1.29 is 14.3 Å². The number of carbonyl (C=O) groups is 1. The van der Waals surface area contributed by atoms with Gasteiger partial charge in [0.2, 0.25) is 0 Å². The fourth-order valence-corrected chi connectivity index (χ4v) is 4.02. The SMILES string of the molecule is CCOc1ccc([C@@H]2C(C(=O)OC(C)C)=C(C)N=C3SC(C#N)=C(N)N32)cc1. The molecule has 0 radical (unpaired) electrons. The van der Waals surface area contributed by atoms with Gasteiger partial charge in [-0.1, -0.05) is 12.1 Å². The number of hydrogen-bond donors (Lipinski definition) is 1. The number of nitrogens with zero attached hydrogens (tertiary/aromatic N) is 3. The van der Waals surface area contributed by atoms with Crippen LogP contribution in [0.5, 0.6) is 5.75 Å². The van der Waals surface area contributed by atoms with Gasteiger partial charge in [0.25, 0.3) is 0 Å². The second-order valence-corrected chi connectivity index (χ2v) is 7.53. The maximum absolute atomic E-state index is 12.9. The van der Waals surface area contributed by atoms with Crippen molar-refractivity contribution in [2.24, 2.45) is 10.7 Å². The van der Waals surface area contributed by atoms with Gasteiger partial charge in [-0.05, 0) is 57.2 Å². The van der Waals surface area contributed by atoms with Gasteiger partial charge in [-0.25, -0.2) is 9.79 Å². The van der Waals surface area contributed by atoms with Gasteiger partial charge < -0.3 is 15.2 Å². The number of esters is 1. The molecule has 2 heterocycles. The van der Waals surface area contributed by atoms with E-state index in [0.29, 0.717) is 27.9 Å². The van der Waals surface area contributed by atoms with Crippen LogP contribution in [0.15, 0.2) is 51.3 Å². The number of nitriles is 1. The van der Waals surface area contributed by atoms with Crippen LogP contribution in [0.1, 0.15) is 39.3 Å². The average Bonchev–Trinajstić information content (AvgIpc) is 2.96. The standard InChI is InChI=1S/C20H22N4O3S/c1-5-26-14-8-6-13(7-9-14)17-16(19(25)27-11(2)3)12(4)23-20-24(17)18(22)15(10-21)28-20/h6-9,11,17H,5,22H2,1-4H3/t17-/m1/s1. The minimum Gasteiger partial charge on any atom is -0.494 e. The van der Waals surface area contributed by atoms with E-state index >= 15 is 0 Å². The molecule has 1 aromatic carbocycles. The van der Waals surface area contributed by atoms with Crippen LogP contribution in [0.25, 0.3) is 0 Å². The van der Waals surface area contributed by atoms with Crippen LogP contribution in [-0.2, 0) is 9.53 Å². The summed E-state index contributed by atoms with van der Waals surface area (Å²) in [6.07, 6.45) is -0.269. The van der Waals surface area contributed by atoms with Gasteiger partial charge in [-0.15, -0.1) is 0 Å². The Kier molecular flexibility index (Phi) is 5.66. The van der Waals surface area contributed by atoms with Gasteiger partial charge in [0, 0.05) is 0 Å². The molecule has 0 aromatic heterocycles. The number of rotatable bonds is 5. The second-order valence-electron chi connectivity index (χ2n) is 6.55. The first-order valence-electron chi connectivity index (χ1n) is 8.97. The maximum Gasteiger partial charge on any atom is 0.338 e. The molecule has 2 N–H and O–H groups in total. The van der Waals surface area contributed by atoms with Crippen molar-refractivity contribution in [2.45, 2.75) is 39.8 Å². The van der Waals surface area contributed by atoms with Gasteiger partial charge in [-0.2, -0.15) is 5.26 Å². The Bertz CT molecular complexity index is 926. The minimum atomic E-state index is -0.534. The van der Waals surface area contributed by atoms with Crippen LogP contribution < -0.4 is 10.5 Å². The summed E-state index contributed by atoms with van der Waals surface area (Å²) in [6, 6.07) is 9.03. The molecule has 2 aliphatic rings. The van der Waals surface area contributed by atoms with Crippen molar-refractivity contribution in [3.8, 4) is 11.8 Å². The predicted octanol–water partition coefficient (Wildman–Crippen LogP) is 3.42. The molecule has 0 unspecified atom stereocenters. The van der Waals surface area contributed by atoms with Crippen molar-refractivity contribution in [3.63, 3.8) is 0 Å². The molecule has 28 heavy (non-hydrogen) atoms. The van der Waals surface area contributed by atoms with E-state index < -0.39 is 12.0 Å². The third-order valence-electron chi connectivity index (χ3n) is 4.25. The van der Waals surface area contributed by atoms with Crippen LogP contribution in [-0.4, -0.2) is 28.7 Å². The normalized spacial score (nSPS) is 18.8. The molecule has 8 heteroatoms. The fraction of sp³-hybridized carbons (Fsp3) is 0.350. The van der Waals surface area contributed by atoms with Gasteiger partial charge in [0.1, 0.15) is 22.5 Å². The number of thioether (sulfide) groups is 1. The summed E-state index contributed by atoms with van der Waals surface area (Å²) < 4.78 is 11.0. The summed E-state index contributed by atoms with van der Waals surface area (Å²) in [5.41, 5.74) is 8.03. The van der Waals surface area contributed by atoms with Crippen molar-refractivity contribution in [3.05, 3.63) is 51.8 Å². The lowest BCUT2D eigenvalue weighted by atomic mass is 9.94. The van der Waals surface area contributed by atoms with Crippen LogP contribution in [0, 0.1) is 11.3 Å². The molecule has 0 bridgehead atoms. The van der Waals surface area contributed by atoms with Gasteiger partial charge in [-0.3, -0.25) is 4.90 Å². The summed E-state index contributed by atoms with van der Waals surface area (Å²) in [5.74, 6) is 0.574. The first kappa shape index (κ1) is 19.8. The second kappa shape index (κ2) is 7.98. The Hall–Kier alpha value is -2.92. The van der Waals surface area contributed by atoms with Crippen LogP contribution in [0.4, 0.5) is 0 Å². The Balaban J connectivity index is 2.11.